The van der Waals surface area contributed by atoms with Crippen molar-refractivity contribution in [1.82, 2.24) is 14.9 Å². The molecular weight excluding hydrogens is 304 g/mol. The van der Waals surface area contributed by atoms with Crippen molar-refractivity contribution in [3.05, 3.63) is 36.2 Å². The number of pyridine rings is 2. The molecule has 4 rings (SSSR count). The van der Waals surface area contributed by atoms with Crippen LogP contribution in [0, 0.1) is 16.7 Å². The van der Waals surface area contributed by atoms with E-state index in [9.17, 15) is 9.59 Å². The summed E-state index contributed by atoms with van der Waals surface area (Å²) in [6.07, 6.45) is 2.39. The van der Waals surface area contributed by atoms with E-state index in [-0.39, 0.29) is 23.1 Å². The van der Waals surface area contributed by atoms with Crippen LogP contribution in [0.4, 0.5) is 0 Å². The van der Waals surface area contributed by atoms with Crippen molar-refractivity contribution in [2.75, 3.05) is 13.1 Å². The Balaban J connectivity index is 1.64. The fourth-order valence-corrected chi connectivity index (χ4v) is 4.62. The topological polar surface area (TPSA) is 89.2 Å². The second-order valence-corrected chi connectivity index (χ2v) is 7.67. The van der Waals surface area contributed by atoms with Crippen LogP contribution in [0.1, 0.15) is 30.8 Å². The van der Waals surface area contributed by atoms with Crippen molar-refractivity contribution >= 4 is 22.8 Å². The molecule has 2 N–H and O–H groups in total. The highest BCUT2D eigenvalue weighted by molar-refractivity contribution is 5.95. The van der Waals surface area contributed by atoms with Gasteiger partial charge in [0, 0.05) is 24.7 Å². The maximum atomic E-state index is 12.9. The minimum atomic E-state index is -0.575. The van der Waals surface area contributed by atoms with Crippen molar-refractivity contribution in [2.45, 2.75) is 20.3 Å². The molecule has 6 nitrogen and oxygen atoms in total. The Morgan fingerprint density at radius 1 is 1.29 bits per heavy atom. The lowest BCUT2D eigenvalue weighted by Crippen LogP contribution is -2.59. The first-order chi connectivity index (χ1) is 11.3. The summed E-state index contributed by atoms with van der Waals surface area (Å²) in [4.78, 5) is 35.2. The van der Waals surface area contributed by atoms with E-state index in [1.807, 2.05) is 18.2 Å². The van der Waals surface area contributed by atoms with E-state index in [2.05, 4.69) is 23.8 Å². The minimum Gasteiger partial charge on any atom is -0.369 e. The van der Waals surface area contributed by atoms with Crippen molar-refractivity contribution < 1.29 is 9.59 Å². The number of nitrogens with zero attached hydrogens (tertiary/aromatic N) is 3. The lowest BCUT2D eigenvalue weighted by atomic mass is 9.48. The number of amides is 2. The molecular formula is C18H20N4O2. The summed E-state index contributed by atoms with van der Waals surface area (Å²) >= 11 is 0. The van der Waals surface area contributed by atoms with Gasteiger partial charge < -0.3 is 10.6 Å². The molecule has 1 saturated carbocycles. The zero-order chi connectivity index (χ0) is 17.1. The number of hydrogen-bond donors (Lipinski definition) is 1. The lowest BCUT2D eigenvalue weighted by Gasteiger charge is -2.54. The second kappa shape index (κ2) is 4.75. The summed E-state index contributed by atoms with van der Waals surface area (Å²) < 4.78 is 0. The van der Waals surface area contributed by atoms with Gasteiger partial charge in [-0.05, 0) is 42.0 Å². The van der Waals surface area contributed by atoms with Crippen LogP contribution in [0.3, 0.4) is 0 Å². The van der Waals surface area contributed by atoms with Crippen LogP contribution >= 0.6 is 0 Å². The highest BCUT2D eigenvalue weighted by atomic mass is 16.2. The van der Waals surface area contributed by atoms with Gasteiger partial charge in [0.1, 0.15) is 5.69 Å². The lowest BCUT2D eigenvalue weighted by molar-refractivity contribution is -0.148. The summed E-state index contributed by atoms with van der Waals surface area (Å²) in [7, 11) is 0. The zero-order valence-corrected chi connectivity index (χ0v) is 13.8. The summed E-state index contributed by atoms with van der Waals surface area (Å²) in [5.74, 6) is -0.339. The van der Waals surface area contributed by atoms with E-state index in [1.165, 1.54) is 0 Å². The number of likely N-dealkylation sites (tertiary alicyclic amines) is 1. The molecule has 0 radical (unpaired) electrons. The molecule has 2 aliphatic rings. The van der Waals surface area contributed by atoms with Crippen LogP contribution in [-0.2, 0) is 4.79 Å². The molecule has 2 amide bonds. The molecule has 1 aliphatic carbocycles. The van der Waals surface area contributed by atoms with Gasteiger partial charge in [0.2, 0.25) is 5.91 Å². The first-order valence-electron chi connectivity index (χ1n) is 8.14. The smallest absolute Gasteiger partial charge is 0.272 e. The summed E-state index contributed by atoms with van der Waals surface area (Å²) in [6, 6.07) is 7.31. The van der Waals surface area contributed by atoms with Gasteiger partial charge in [-0.25, -0.2) is 9.97 Å². The third-order valence-electron chi connectivity index (χ3n) is 5.72. The first-order valence-corrected chi connectivity index (χ1v) is 8.14. The second-order valence-electron chi connectivity index (χ2n) is 7.67. The van der Waals surface area contributed by atoms with E-state index < -0.39 is 5.41 Å². The van der Waals surface area contributed by atoms with Crippen molar-refractivity contribution in [1.29, 1.82) is 0 Å². The predicted molar refractivity (Wildman–Crippen MR) is 89.0 cm³/mol. The Hall–Kier alpha value is -2.50. The standard InChI is InChI=1S/C18H20N4O2/c1-17(2)9-18(16(19)24)10-22(8-13(17)18)15(23)12-6-5-11-4-3-7-20-14(11)21-12/h3-7,13H,8-10H2,1-2H3,(H2,19,24)/t13-,18+/m1/s1. The summed E-state index contributed by atoms with van der Waals surface area (Å²) in [5.41, 5.74) is 6.04. The van der Waals surface area contributed by atoms with Crippen molar-refractivity contribution in [2.24, 2.45) is 22.5 Å². The number of aromatic nitrogens is 2. The SMILES string of the molecule is CC1(C)C[C@]2(C(N)=O)CN(C(=O)c3ccc4cccnc4n3)C[C@H]12. The average molecular weight is 324 g/mol. The number of rotatable bonds is 2. The number of nitrogens with two attached hydrogens (primary N) is 1. The van der Waals surface area contributed by atoms with Gasteiger partial charge in [-0.3, -0.25) is 9.59 Å². The van der Waals surface area contributed by atoms with Gasteiger partial charge in [-0.15, -0.1) is 0 Å². The molecule has 2 atom stereocenters. The molecule has 0 spiro atoms. The molecule has 1 saturated heterocycles. The largest absolute Gasteiger partial charge is 0.369 e. The maximum absolute atomic E-state index is 12.9. The quantitative estimate of drug-likeness (QED) is 0.908. The zero-order valence-electron chi connectivity index (χ0n) is 13.8. The number of carbonyl (C=O) groups excluding carboxylic acids is 2. The van der Waals surface area contributed by atoms with Crippen LogP contribution in [-0.4, -0.2) is 39.8 Å². The molecule has 0 bridgehead atoms. The highest BCUT2D eigenvalue weighted by Crippen LogP contribution is 2.62. The Morgan fingerprint density at radius 2 is 2.08 bits per heavy atom. The molecule has 2 aromatic rings. The van der Waals surface area contributed by atoms with Crippen LogP contribution in [0.5, 0.6) is 0 Å². The van der Waals surface area contributed by atoms with Crippen molar-refractivity contribution in [3.63, 3.8) is 0 Å². The molecule has 2 aromatic heterocycles. The van der Waals surface area contributed by atoms with Crippen LogP contribution in [0.2, 0.25) is 0 Å². The highest BCUT2D eigenvalue weighted by Gasteiger charge is 2.66. The van der Waals surface area contributed by atoms with E-state index >= 15 is 0 Å². The van der Waals surface area contributed by atoms with Gasteiger partial charge in [0.15, 0.2) is 5.65 Å². The molecule has 24 heavy (non-hydrogen) atoms. The summed E-state index contributed by atoms with van der Waals surface area (Å²) in [5, 5.41) is 0.894. The molecule has 3 heterocycles. The molecule has 6 heteroatoms. The van der Waals surface area contributed by atoms with E-state index in [0.717, 1.165) is 11.8 Å². The van der Waals surface area contributed by atoms with Gasteiger partial charge in [0.25, 0.3) is 5.91 Å². The van der Waals surface area contributed by atoms with Crippen LogP contribution in [0.25, 0.3) is 11.0 Å². The Labute approximate surface area is 140 Å². The van der Waals surface area contributed by atoms with Gasteiger partial charge in [0.05, 0.1) is 5.41 Å². The maximum Gasteiger partial charge on any atom is 0.272 e. The Kier molecular flexibility index (Phi) is 2.98. The number of hydrogen-bond acceptors (Lipinski definition) is 4. The molecule has 124 valence electrons. The van der Waals surface area contributed by atoms with E-state index in [4.69, 9.17) is 5.73 Å². The van der Waals surface area contributed by atoms with Crippen molar-refractivity contribution in [3.8, 4) is 0 Å². The monoisotopic (exact) mass is 324 g/mol. The normalized spacial score (nSPS) is 27.6. The van der Waals surface area contributed by atoms with Gasteiger partial charge in [-0.2, -0.15) is 0 Å². The first kappa shape index (κ1) is 15.1. The predicted octanol–water partition coefficient (Wildman–Crippen LogP) is 1.60. The van der Waals surface area contributed by atoms with Crippen LogP contribution in [0.15, 0.2) is 30.5 Å². The molecule has 0 aromatic carbocycles. The average Bonchev–Trinajstić information content (AvgIpc) is 2.90. The third kappa shape index (κ3) is 1.95. The minimum absolute atomic E-state index is 0.0302. The Bertz CT molecular complexity index is 863. The third-order valence-corrected chi connectivity index (χ3v) is 5.72. The molecule has 1 aliphatic heterocycles. The fourth-order valence-electron chi connectivity index (χ4n) is 4.62. The number of carbonyl (C=O) groups is 2. The van der Waals surface area contributed by atoms with Crippen LogP contribution < -0.4 is 5.73 Å². The van der Waals surface area contributed by atoms with E-state index in [0.29, 0.717) is 24.4 Å². The molecule has 2 fully saturated rings. The van der Waals surface area contributed by atoms with Gasteiger partial charge >= 0.3 is 0 Å². The summed E-state index contributed by atoms with van der Waals surface area (Å²) in [6.45, 7) is 5.20. The van der Waals surface area contributed by atoms with Gasteiger partial charge in [-0.1, -0.05) is 13.8 Å². The Morgan fingerprint density at radius 3 is 2.75 bits per heavy atom. The molecule has 0 unspecified atom stereocenters. The number of fused-ring (bicyclic) bond motifs is 2. The number of primary amides is 1. The fraction of sp³-hybridized carbons (Fsp3) is 0.444. The van der Waals surface area contributed by atoms with E-state index in [1.54, 1.807) is 17.2 Å².